The minimum absolute atomic E-state index is 0.129. The summed E-state index contributed by atoms with van der Waals surface area (Å²) in [5, 5.41) is 0. The molecule has 0 aliphatic carbocycles. The predicted molar refractivity (Wildman–Crippen MR) is 75.7 cm³/mol. The number of carbonyl (C=O) groups is 2. The van der Waals surface area contributed by atoms with Crippen LogP contribution in [0.25, 0.3) is 0 Å². The van der Waals surface area contributed by atoms with Crippen molar-refractivity contribution in [2.24, 2.45) is 0 Å². The van der Waals surface area contributed by atoms with E-state index in [2.05, 4.69) is 4.74 Å². The lowest BCUT2D eigenvalue weighted by atomic mass is 10.2. The highest BCUT2D eigenvalue weighted by Crippen LogP contribution is 2.21. The van der Waals surface area contributed by atoms with Crippen LogP contribution in [0.3, 0.4) is 0 Å². The van der Waals surface area contributed by atoms with Crippen LogP contribution >= 0.6 is 0 Å². The molecular formula is C15H18F3NO4. The number of carbonyl (C=O) groups excluding carboxylic acids is 2. The number of nitrogens with zero attached hydrogens (tertiary/aromatic N) is 1. The van der Waals surface area contributed by atoms with Gasteiger partial charge in [0.05, 0.1) is 20.1 Å². The van der Waals surface area contributed by atoms with Crippen LogP contribution in [0.4, 0.5) is 13.2 Å². The zero-order chi connectivity index (χ0) is 17.5. The van der Waals surface area contributed by atoms with Gasteiger partial charge in [-0.3, -0.25) is 9.59 Å². The van der Waals surface area contributed by atoms with E-state index in [1.54, 1.807) is 31.2 Å². The number of esters is 1. The van der Waals surface area contributed by atoms with E-state index in [1.807, 2.05) is 0 Å². The van der Waals surface area contributed by atoms with Crippen LogP contribution in [0.15, 0.2) is 24.3 Å². The Morgan fingerprint density at radius 3 is 2.26 bits per heavy atom. The predicted octanol–water partition coefficient (Wildman–Crippen LogP) is 2.54. The average molecular weight is 333 g/mol. The van der Waals surface area contributed by atoms with Crippen LogP contribution in [0.2, 0.25) is 0 Å². The van der Waals surface area contributed by atoms with Crippen molar-refractivity contribution in [2.45, 2.75) is 26.1 Å². The molecule has 0 atom stereocenters. The molecule has 0 saturated heterocycles. The molecule has 8 heteroatoms. The summed E-state index contributed by atoms with van der Waals surface area (Å²) < 4.78 is 47.6. The van der Waals surface area contributed by atoms with Crippen LogP contribution in [0.1, 0.15) is 18.9 Å². The van der Waals surface area contributed by atoms with Gasteiger partial charge < -0.3 is 14.4 Å². The summed E-state index contributed by atoms with van der Waals surface area (Å²) in [6.45, 7) is 1.09. The van der Waals surface area contributed by atoms with E-state index in [1.165, 1.54) is 7.11 Å². The summed E-state index contributed by atoms with van der Waals surface area (Å²) in [5.41, 5.74) is 0.493. The topological polar surface area (TPSA) is 55.8 Å². The van der Waals surface area contributed by atoms with Crippen molar-refractivity contribution in [1.82, 2.24) is 4.90 Å². The molecule has 23 heavy (non-hydrogen) atoms. The van der Waals surface area contributed by atoms with Crippen LogP contribution in [0.5, 0.6) is 5.75 Å². The summed E-state index contributed by atoms with van der Waals surface area (Å²) in [6.07, 6.45) is -5.30. The van der Waals surface area contributed by atoms with E-state index in [0.717, 1.165) is 0 Å². The number of benzene rings is 1. The maximum absolute atomic E-state index is 12.7. The van der Waals surface area contributed by atoms with Crippen LogP contribution in [-0.2, 0) is 20.9 Å². The number of amides is 1. The quantitative estimate of drug-likeness (QED) is 0.720. The highest BCUT2D eigenvalue weighted by molar-refractivity contribution is 5.82. The second kappa shape index (κ2) is 8.40. The van der Waals surface area contributed by atoms with Gasteiger partial charge >= 0.3 is 18.1 Å². The standard InChI is InChI=1S/C15H18F3NO4/c1-3-23-13(20)8-9-19(14(21)15(16,17)18)10-11-4-6-12(22-2)7-5-11/h4-7H,3,8-10H2,1-2H3. The van der Waals surface area contributed by atoms with Crippen molar-refractivity contribution in [3.63, 3.8) is 0 Å². The Morgan fingerprint density at radius 2 is 1.78 bits per heavy atom. The normalized spacial score (nSPS) is 11.0. The first-order valence-corrected chi connectivity index (χ1v) is 6.92. The third-order valence-corrected chi connectivity index (χ3v) is 2.95. The van der Waals surface area contributed by atoms with E-state index in [4.69, 9.17) is 4.74 Å². The van der Waals surface area contributed by atoms with Crippen molar-refractivity contribution < 1.29 is 32.2 Å². The summed E-state index contributed by atoms with van der Waals surface area (Å²) >= 11 is 0. The van der Waals surface area contributed by atoms with E-state index in [-0.39, 0.29) is 26.1 Å². The maximum atomic E-state index is 12.7. The van der Waals surface area contributed by atoms with Gasteiger partial charge in [0.2, 0.25) is 0 Å². The molecule has 1 aromatic carbocycles. The molecule has 0 heterocycles. The zero-order valence-electron chi connectivity index (χ0n) is 12.9. The number of methoxy groups -OCH3 is 1. The number of alkyl halides is 3. The highest BCUT2D eigenvalue weighted by Gasteiger charge is 2.42. The monoisotopic (exact) mass is 333 g/mol. The molecule has 0 saturated carbocycles. The Labute approximate surface area is 132 Å². The Morgan fingerprint density at radius 1 is 1.17 bits per heavy atom. The van der Waals surface area contributed by atoms with Gasteiger partial charge in [-0.1, -0.05) is 12.1 Å². The second-order valence-electron chi connectivity index (χ2n) is 4.63. The Kier molecular flexibility index (Phi) is 6.87. The summed E-state index contributed by atoms with van der Waals surface area (Å²) in [4.78, 5) is 23.4. The molecule has 0 radical (unpaired) electrons. The first-order chi connectivity index (χ1) is 10.8. The third-order valence-electron chi connectivity index (χ3n) is 2.95. The number of ether oxygens (including phenoxy) is 2. The molecular weight excluding hydrogens is 315 g/mol. The second-order valence-corrected chi connectivity index (χ2v) is 4.63. The maximum Gasteiger partial charge on any atom is 0.471 e. The molecule has 0 N–H and O–H groups in total. The Balaban J connectivity index is 2.81. The van der Waals surface area contributed by atoms with Crippen molar-refractivity contribution in [3.05, 3.63) is 29.8 Å². The van der Waals surface area contributed by atoms with Crippen LogP contribution in [-0.4, -0.2) is 43.2 Å². The first-order valence-electron chi connectivity index (χ1n) is 6.92. The van der Waals surface area contributed by atoms with Crippen molar-refractivity contribution in [2.75, 3.05) is 20.3 Å². The lowest BCUT2D eigenvalue weighted by molar-refractivity contribution is -0.186. The molecule has 0 aliphatic heterocycles. The lowest BCUT2D eigenvalue weighted by Crippen LogP contribution is -2.41. The van der Waals surface area contributed by atoms with Crippen LogP contribution in [0, 0.1) is 0 Å². The van der Waals surface area contributed by atoms with Gasteiger partial charge in [-0.15, -0.1) is 0 Å². The van der Waals surface area contributed by atoms with Crippen molar-refractivity contribution in [3.8, 4) is 5.75 Å². The van der Waals surface area contributed by atoms with E-state index in [0.29, 0.717) is 16.2 Å². The summed E-state index contributed by atoms with van der Waals surface area (Å²) in [5.74, 6) is -2.09. The van der Waals surface area contributed by atoms with E-state index in [9.17, 15) is 22.8 Å². The molecule has 0 aliphatic rings. The van der Waals surface area contributed by atoms with Gasteiger partial charge in [0.1, 0.15) is 5.75 Å². The fourth-order valence-corrected chi connectivity index (χ4v) is 1.84. The summed E-state index contributed by atoms with van der Waals surface area (Å²) in [7, 11) is 1.47. The molecule has 5 nitrogen and oxygen atoms in total. The molecule has 1 rings (SSSR count). The molecule has 0 spiro atoms. The van der Waals surface area contributed by atoms with Gasteiger partial charge in [-0.2, -0.15) is 13.2 Å². The molecule has 0 unspecified atom stereocenters. The molecule has 0 bridgehead atoms. The molecule has 1 aromatic rings. The van der Waals surface area contributed by atoms with E-state index >= 15 is 0 Å². The summed E-state index contributed by atoms with van der Waals surface area (Å²) in [6, 6.07) is 6.27. The number of halogens is 3. The average Bonchev–Trinajstić information content (AvgIpc) is 2.50. The van der Waals surface area contributed by atoms with Gasteiger partial charge in [0.25, 0.3) is 0 Å². The lowest BCUT2D eigenvalue weighted by Gasteiger charge is -2.23. The molecule has 0 aromatic heterocycles. The SMILES string of the molecule is CCOC(=O)CCN(Cc1ccc(OC)cc1)C(=O)C(F)(F)F. The third kappa shape index (κ3) is 6.17. The molecule has 0 fully saturated rings. The minimum Gasteiger partial charge on any atom is -0.497 e. The smallest absolute Gasteiger partial charge is 0.471 e. The van der Waals surface area contributed by atoms with Gasteiger partial charge in [0, 0.05) is 13.1 Å². The number of hydrogen-bond donors (Lipinski definition) is 0. The Hall–Kier alpha value is -2.25. The zero-order valence-corrected chi connectivity index (χ0v) is 12.9. The first kappa shape index (κ1) is 18.8. The highest BCUT2D eigenvalue weighted by atomic mass is 19.4. The fraction of sp³-hybridized carbons (Fsp3) is 0.467. The minimum atomic E-state index is -5.00. The van der Waals surface area contributed by atoms with Gasteiger partial charge in [-0.25, -0.2) is 0 Å². The fourth-order valence-electron chi connectivity index (χ4n) is 1.84. The van der Waals surface area contributed by atoms with Crippen LogP contribution < -0.4 is 4.74 Å². The van der Waals surface area contributed by atoms with Crippen molar-refractivity contribution in [1.29, 1.82) is 0 Å². The van der Waals surface area contributed by atoms with Crippen molar-refractivity contribution >= 4 is 11.9 Å². The Bertz CT molecular complexity index is 529. The van der Waals surface area contributed by atoms with Gasteiger partial charge in [0.15, 0.2) is 0 Å². The largest absolute Gasteiger partial charge is 0.497 e. The molecule has 128 valence electrons. The van der Waals surface area contributed by atoms with E-state index < -0.39 is 18.1 Å². The van der Waals surface area contributed by atoms with Gasteiger partial charge in [-0.05, 0) is 24.6 Å². The molecule has 1 amide bonds. The number of hydrogen-bond acceptors (Lipinski definition) is 4. The number of rotatable bonds is 7.